The van der Waals surface area contributed by atoms with Gasteiger partial charge in [-0.25, -0.2) is 0 Å². The molecule has 1 N–H and O–H groups in total. The first-order chi connectivity index (χ1) is 11.8. The molecule has 0 aliphatic carbocycles. The maximum absolute atomic E-state index is 12.6. The number of hydrogen-bond donors (Lipinski definition) is 1. The van der Waals surface area contributed by atoms with Gasteiger partial charge < -0.3 is 14.6 Å². The molecule has 2 fully saturated rings. The SMILES string of the molecule is O=C(NCCCn1cc(-c2ccoc2)nn1)C12CCCN(CC1)C2. The molecule has 2 bridgehead atoms. The van der Waals surface area contributed by atoms with Crippen molar-refractivity contribution in [3.63, 3.8) is 0 Å². The molecule has 0 spiro atoms. The largest absolute Gasteiger partial charge is 0.472 e. The third-order valence-electron chi connectivity index (χ3n) is 5.25. The topological polar surface area (TPSA) is 76.2 Å². The first kappa shape index (κ1) is 15.4. The van der Waals surface area contributed by atoms with E-state index in [0.29, 0.717) is 6.54 Å². The number of rotatable bonds is 6. The van der Waals surface area contributed by atoms with Crippen molar-refractivity contribution in [2.75, 3.05) is 26.2 Å². The first-order valence-electron chi connectivity index (χ1n) is 8.69. The van der Waals surface area contributed by atoms with Crippen LogP contribution in [0, 0.1) is 5.41 Å². The van der Waals surface area contributed by atoms with Gasteiger partial charge in [0.15, 0.2) is 0 Å². The summed E-state index contributed by atoms with van der Waals surface area (Å²) in [5, 5.41) is 11.4. The van der Waals surface area contributed by atoms with Crippen molar-refractivity contribution in [2.24, 2.45) is 5.41 Å². The van der Waals surface area contributed by atoms with E-state index in [-0.39, 0.29) is 11.3 Å². The molecule has 2 aliphatic rings. The maximum atomic E-state index is 12.6. The van der Waals surface area contributed by atoms with Crippen molar-refractivity contribution in [1.82, 2.24) is 25.2 Å². The average molecular weight is 329 g/mol. The normalized spacial score (nSPS) is 25.8. The van der Waals surface area contributed by atoms with Crippen LogP contribution >= 0.6 is 0 Å². The molecule has 1 amide bonds. The Hall–Kier alpha value is -2.15. The standard InChI is InChI=1S/C17H23N5O2/c23-16(17-4-1-7-21(13-17)9-5-17)18-6-2-8-22-11-15(19-20-22)14-3-10-24-12-14/h3,10-12H,1-2,4-9,13H2,(H,18,23). The van der Waals surface area contributed by atoms with Gasteiger partial charge in [-0.1, -0.05) is 5.21 Å². The molecule has 2 unspecified atom stereocenters. The summed E-state index contributed by atoms with van der Waals surface area (Å²) in [5.41, 5.74) is 1.61. The molecule has 128 valence electrons. The van der Waals surface area contributed by atoms with Gasteiger partial charge in [0.05, 0.1) is 24.1 Å². The maximum Gasteiger partial charge on any atom is 0.227 e. The zero-order chi connectivity index (χ0) is 16.4. The quantitative estimate of drug-likeness (QED) is 0.814. The molecule has 7 nitrogen and oxygen atoms in total. The molecule has 2 aromatic rings. The van der Waals surface area contributed by atoms with Gasteiger partial charge in [-0.15, -0.1) is 5.10 Å². The number of aryl methyl sites for hydroxylation is 1. The Morgan fingerprint density at radius 1 is 1.38 bits per heavy atom. The predicted octanol–water partition coefficient (Wildman–Crippen LogP) is 1.53. The lowest BCUT2D eigenvalue weighted by Gasteiger charge is -2.32. The van der Waals surface area contributed by atoms with Crippen LogP contribution in [0.25, 0.3) is 11.3 Å². The lowest BCUT2D eigenvalue weighted by molar-refractivity contribution is -0.131. The minimum absolute atomic E-state index is 0.125. The van der Waals surface area contributed by atoms with E-state index >= 15 is 0 Å². The van der Waals surface area contributed by atoms with Crippen molar-refractivity contribution in [3.05, 3.63) is 24.8 Å². The molecular formula is C17H23N5O2. The Bertz CT molecular complexity index is 692. The molecular weight excluding hydrogens is 306 g/mol. The summed E-state index contributed by atoms with van der Waals surface area (Å²) in [6.45, 7) is 4.59. The van der Waals surface area contributed by atoms with E-state index in [9.17, 15) is 4.79 Å². The van der Waals surface area contributed by atoms with Gasteiger partial charge in [-0.05, 0) is 44.8 Å². The molecule has 2 aliphatic heterocycles. The molecule has 4 rings (SSSR count). The summed E-state index contributed by atoms with van der Waals surface area (Å²) < 4.78 is 6.87. The number of hydrogen-bond acceptors (Lipinski definition) is 5. The Morgan fingerprint density at radius 3 is 3.21 bits per heavy atom. The summed E-state index contributed by atoms with van der Waals surface area (Å²) in [7, 11) is 0. The van der Waals surface area contributed by atoms with Crippen LogP contribution < -0.4 is 5.32 Å². The number of aromatic nitrogens is 3. The van der Waals surface area contributed by atoms with Crippen molar-refractivity contribution in [3.8, 4) is 11.3 Å². The highest BCUT2D eigenvalue weighted by atomic mass is 16.3. The fourth-order valence-electron chi connectivity index (χ4n) is 3.87. The first-order valence-corrected chi connectivity index (χ1v) is 8.69. The van der Waals surface area contributed by atoms with Crippen molar-refractivity contribution in [1.29, 1.82) is 0 Å². The third-order valence-corrected chi connectivity index (χ3v) is 5.25. The summed E-state index contributed by atoms with van der Waals surface area (Å²) in [6.07, 6.45) is 9.22. The number of nitrogens with one attached hydrogen (secondary N) is 1. The number of piperidine rings is 1. The highest BCUT2D eigenvalue weighted by Gasteiger charge is 2.46. The molecule has 4 heterocycles. The predicted molar refractivity (Wildman–Crippen MR) is 88.1 cm³/mol. The number of amides is 1. The van der Waals surface area contributed by atoms with Gasteiger partial charge in [0.1, 0.15) is 5.69 Å². The van der Waals surface area contributed by atoms with E-state index < -0.39 is 0 Å². The molecule has 2 aromatic heterocycles. The average Bonchev–Trinajstić information content (AvgIpc) is 3.32. The van der Waals surface area contributed by atoms with Crippen LogP contribution in [0.4, 0.5) is 0 Å². The van der Waals surface area contributed by atoms with Gasteiger partial charge in [0.25, 0.3) is 0 Å². The highest BCUT2D eigenvalue weighted by Crippen LogP contribution is 2.39. The van der Waals surface area contributed by atoms with Crippen LogP contribution in [0.2, 0.25) is 0 Å². The number of carbonyl (C=O) groups excluding carboxylic acids is 1. The number of furan rings is 1. The minimum Gasteiger partial charge on any atom is -0.472 e. The Labute approximate surface area is 141 Å². The second-order valence-corrected chi connectivity index (χ2v) is 6.90. The number of nitrogens with zero attached hydrogens (tertiary/aromatic N) is 4. The molecule has 0 aromatic carbocycles. The van der Waals surface area contributed by atoms with Gasteiger partial charge in [0.2, 0.25) is 5.91 Å². The minimum atomic E-state index is -0.125. The fourth-order valence-corrected chi connectivity index (χ4v) is 3.87. The lowest BCUT2D eigenvalue weighted by Crippen LogP contribution is -2.46. The highest BCUT2D eigenvalue weighted by molar-refractivity contribution is 5.83. The molecule has 24 heavy (non-hydrogen) atoms. The van der Waals surface area contributed by atoms with Gasteiger partial charge >= 0.3 is 0 Å². The van der Waals surface area contributed by atoms with Gasteiger partial charge in [0, 0.05) is 25.2 Å². The summed E-state index contributed by atoms with van der Waals surface area (Å²) in [5.74, 6) is 0.238. The third kappa shape index (κ3) is 2.96. The van der Waals surface area contributed by atoms with Crippen molar-refractivity contribution < 1.29 is 9.21 Å². The molecule has 2 saturated heterocycles. The molecule has 0 radical (unpaired) electrons. The van der Waals surface area contributed by atoms with Crippen LogP contribution in [-0.4, -0.2) is 52.0 Å². The van der Waals surface area contributed by atoms with E-state index in [4.69, 9.17) is 4.42 Å². The Balaban J connectivity index is 1.24. The van der Waals surface area contributed by atoms with E-state index in [1.54, 1.807) is 12.5 Å². The van der Waals surface area contributed by atoms with Crippen LogP contribution in [0.5, 0.6) is 0 Å². The summed E-state index contributed by atoms with van der Waals surface area (Å²) in [4.78, 5) is 15.0. The Kier molecular flexibility index (Phi) is 4.10. The van der Waals surface area contributed by atoms with E-state index in [1.165, 1.54) is 0 Å². The lowest BCUT2D eigenvalue weighted by atomic mass is 9.80. The molecule has 7 heteroatoms. The molecule has 2 atom stereocenters. The molecule has 0 saturated carbocycles. The zero-order valence-electron chi connectivity index (χ0n) is 13.8. The van der Waals surface area contributed by atoms with Gasteiger partial charge in [-0.3, -0.25) is 9.48 Å². The van der Waals surface area contributed by atoms with Crippen LogP contribution in [0.15, 0.2) is 29.2 Å². The smallest absolute Gasteiger partial charge is 0.227 e. The van der Waals surface area contributed by atoms with Crippen LogP contribution in [0.3, 0.4) is 0 Å². The summed E-state index contributed by atoms with van der Waals surface area (Å²) >= 11 is 0. The van der Waals surface area contributed by atoms with Gasteiger partial charge in [-0.2, -0.15) is 0 Å². The number of carbonyl (C=O) groups is 1. The van der Waals surface area contributed by atoms with E-state index in [2.05, 4.69) is 20.5 Å². The second-order valence-electron chi connectivity index (χ2n) is 6.90. The second kappa shape index (κ2) is 6.39. The number of fused-ring (bicyclic) bond motifs is 2. The van der Waals surface area contributed by atoms with Crippen molar-refractivity contribution >= 4 is 5.91 Å². The van der Waals surface area contributed by atoms with Crippen LogP contribution in [0.1, 0.15) is 25.7 Å². The fraction of sp³-hybridized carbons (Fsp3) is 0.588. The van der Waals surface area contributed by atoms with E-state index in [0.717, 1.165) is 63.1 Å². The monoisotopic (exact) mass is 329 g/mol. The van der Waals surface area contributed by atoms with Crippen molar-refractivity contribution in [2.45, 2.75) is 32.2 Å². The summed E-state index contributed by atoms with van der Waals surface area (Å²) in [6, 6.07) is 1.86. The Morgan fingerprint density at radius 2 is 2.33 bits per heavy atom. The van der Waals surface area contributed by atoms with Crippen LogP contribution in [-0.2, 0) is 11.3 Å². The van der Waals surface area contributed by atoms with E-state index in [1.807, 2.05) is 16.9 Å². The zero-order valence-corrected chi connectivity index (χ0v) is 13.8.